The second kappa shape index (κ2) is 6.70. The van der Waals surface area contributed by atoms with Crippen LogP contribution in [-0.4, -0.2) is 26.2 Å². The molecule has 5 heteroatoms. The topological polar surface area (TPSA) is 47.6 Å². The minimum absolute atomic E-state index is 0.0170. The molecule has 0 aliphatic rings. The maximum Gasteiger partial charge on any atom is 0.330 e. The Kier molecular flexibility index (Phi) is 5.51. The summed E-state index contributed by atoms with van der Waals surface area (Å²) >= 11 is 0. The fourth-order valence-electron chi connectivity index (χ4n) is 2.19. The van der Waals surface area contributed by atoms with E-state index in [1.165, 1.54) is 20.3 Å². The van der Waals surface area contributed by atoms with Gasteiger partial charge in [-0.25, -0.2) is 9.18 Å². The predicted molar refractivity (Wildman–Crippen MR) is 75.2 cm³/mol. The molecule has 0 aromatic heterocycles. The van der Waals surface area contributed by atoms with Crippen LogP contribution in [0.3, 0.4) is 0 Å². The van der Waals surface area contributed by atoms with Crippen molar-refractivity contribution in [2.45, 2.75) is 38.8 Å². The first-order chi connectivity index (χ1) is 9.40. The third-order valence-corrected chi connectivity index (χ3v) is 3.44. The molecule has 0 saturated carbocycles. The summed E-state index contributed by atoms with van der Waals surface area (Å²) in [5, 5.41) is 3.13. The van der Waals surface area contributed by atoms with Crippen LogP contribution < -0.4 is 10.1 Å². The van der Waals surface area contributed by atoms with Crippen LogP contribution >= 0.6 is 0 Å². The predicted octanol–water partition coefficient (Wildman–Crippen LogP) is 2.61. The number of nitrogens with one attached hydrogen (secondary N) is 1. The smallest absolute Gasteiger partial charge is 0.330 e. The lowest BCUT2D eigenvalue weighted by molar-refractivity contribution is -0.149. The van der Waals surface area contributed by atoms with Crippen molar-refractivity contribution in [1.29, 1.82) is 0 Å². The van der Waals surface area contributed by atoms with Gasteiger partial charge in [0, 0.05) is 6.04 Å². The highest BCUT2D eigenvalue weighted by molar-refractivity contribution is 5.83. The van der Waals surface area contributed by atoms with Crippen molar-refractivity contribution in [3.63, 3.8) is 0 Å². The normalized spacial score (nSPS) is 15.3. The maximum atomic E-state index is 14.3. The molecule has 0 aliphatic heterocycles. The average Bonchev–Trinajstić information content (AvgIpc) is 2.45. The second-order valence-electron chi connectivity index (χ2n) is 4.89. The summed E-state index contributed by atoms with van der Waals surface area (Å²) in [4.78, 5) is 12.2. The fourth-order valence-corrected chi connectivity index (χ4v) is 2.19. The lowest BCUT2D eigenvalue weighted by Gasteiger charge is -2.32. The molecule has 0 bridgehead atoms. The summed E-state index contributed by atoms with van der Waals surface area (Å²) in [6.45, 7) is 5.51. The number of halogens is 1. The van der Waals surface area contributed by atoms with Crippen LogP contribution in [0, 0.1) is 5.82 Å². The van der Waals surface area contributed by atoms with Crippen molar-refractivity contribution in [3.8, 4) is 5.75 Å². The Bertz CT molecular complexity index is 478. The van der Waals surface area contributed by atoms with Crippen molar-refractivity contribution < 1.29 is 18.7 Å². The van der Waals surface area contributed by atoms with Crippen molar-refractivity contribution >= 4 is 5.97 Å². The van der Waals surface area contributed by atoms with Gasteiger partial charge in [-0.1, -0.05) is 13.0 Å². The van der Waals surface area contributed by atoms with Crippen LogP contribution in [0.2, 0.25) is 0 Å². The monoisotopic (exact) mass is 283 g/mol. The fraction of sp³-hybridized carbons (Fsp3) is 0.533. The zero-order valence-corrected chi connectivity index (χ0v) is 12.6. The van der Waals surface area contributed by atoms with Gasteiger partial charge in [-0.3, -0.25) is 5.32 Å². The van der Waals surface area contributed by atoms with Gasteiger partial charge in [0.2, 0.25) is 0 Å². The molecule has 0 aliphatic carbocycles. The lowest BCUT2D eigenvalue weighted by Crippen LogP contribution is -2.51. The molecular formula is C15H22FNO3. The van der Waals surface area contributed by atoms with Crippen molar-refractivity contribution in [3.05, 3.63) is 29.6 Å². The Labute approximate surface area is 119 Å². The molecule has 1 aromatic carbocycles. The lowest BCUT2D eigenvalue weighted by atomic mass is 9.89. The quantitative estimate of drug-likeness (QED) is 0.815. The van der Waals surface area contributed by atoms with Crippen LogP contribution in [0.4, 0.5) is 4.39 Å². The maximum absolute atomic E-state index is 14.3. The highest BCUT2D eigenvalue weighted by Crippen LogP contribution is 2.33. The Hall–Kier alpha value is -1.62. The van der Waals surface area contributed by atoms with Crippen molar-refractivity contribution in [2.24, 2.45) is 0 Å². The molecule has 1 aromatic rings. The van der Waals surface area contributed by atoms with E-state index in [0.717, 1.165) is 6.42 Å². The largest absolute Gasteiger partial charge is 0.496 e. The number of esters is 1. The third-order valence-electron chi connectivity index (χ3n) is 3.44. The molecular weight excluding hydrogens is 261 g/mol. The molecule has 112 valence electrons. The number of carbonyl (C=O) groups is 1. The SMILES string of the molecule is CCC(C)NC(C)(C(=O)OC)c1c(F)cccc1OC. The Morgan fingerprint density at radius 1 is 1.45 bits per heavy atom. The number of benzene rings is 1. The van der Waals surface area contributed by atoms with E-state index in [0.29, 0.717) is 5.75 Å². The summed E-state index contributed by atoms with van der Waals surface area (Å²) in [7, 11) is 2.73. The van der Waals surface area contributed by atoms with E-state index in [-0.39, 0.29) is 11.6 Å². The zero-order valence-electron chi connectivity index (χ0n) is 12.6. The van der Waals surface area contributed by atoms with Gasteiger partial charge in [-0.05, 0) is 32.4 Å². The molecule has 0 heterocycles. The first-order valence-corrected chi connectivity index (χ1v) is 6.59. The molecule has 0 saturated heterocycles. The molecule has 0 fully saturated rings. The summed E-state index contributed by atoms with van der Waals surface area (Å²) in [6.07, 6.45) is 0.795. The molecule has 2 atom stereocenters. The van der Waals surface area contributed by atoms with Crippen LogP contribution in [0.15, 0.2) is 18.2 Å². The van der Waals surface area contributed by atoms with Crippen LogP contribution in [0.5, 0.6) is 5.75 Å². The highest BCUT2D eigenvalue weighted by atomic mass is 19.1. The van der Waals surface area contributed by atoms with Crippen molar-refractivity contribution in [1.82, 2.24) is 5.32 Å². The molecule has 0 radical (unpaired) electrons. The summed E-state index contributed by atoms with van der Waals surface area (Å²) in [5.74, 6) is -0.747. The minimum Gasteiger partial charge on any atom is -0.496 e. The van der Waals surface area contributed by atoms with E-state index in [4.69, 9.17) is 9.47 Å². The summed E-state index contributed by atoms with van der Waals surface area (Å²) in [6, 6.07) is 4.48. The van der Waals surface area contributed by atoms with Gasteiger partial charge < -0.3 is 9.47 Å². The molecule has 1 N–H and O–H groups in total. The number of carbonyl (C=O) groups excluding carboxylic acids is 1. The molecule has 4 nitrogen and oxygen atoms in total. The van der Waals surface area contributed by atoms with E-state index in [2.05, 4.69) is 5.32 Å². The molecule has 1 rings (SSSR count). The standard InChI is InChI=1S/C15H22FNO3/c1-6-10(2)17-15(3,14(18)20-5)13-11(16)8-7-9-12(13)19-4/h7-10,17H,6H2,1-5H3. The van der Waals surface area contributed by atoms with Gasteiger partial charge in [0.25, 0.3) is 0 Å². The number of rotatable bonds is 6. The average molecular weight is 283 g/mol. The van der Waals surface area contributed by atoms with Gasteiger partial charge in [0.05, 0.1) is 19.8 Å². The second-order valence-corrected chi connectivity index (χ2v) is 4.89. The zero-order chi connectivity index (χ0) is 15.3. The Morgan fingerprint density at radius 2 is 2.10 bits per heavy atom. The molecule has 0 spiro atoms. The summed E-state index contributed by atoms with van der Waals surface area (Å²) < 4.78 is 24.3. The molecule has 0 amide bonds. The van der Waals surface area contributed by atoms with E-state index in [1.807, 2.05) is 13.8 Å². The Balaban J connectivity index is 3.41. The van der Waals surface area contributed by atoms with Crippen LogP contribution in [0.25, 0.3) is 0 Å². The third kappa shape index (κ3) is 3.10. The van der Waals surface area contributed by atoms with Gasteiger partial charge in [-0.2, -0.15) is 0 Å². The number of methoxy groups -OCH3 is 2. The first kappa shape index (κ1) is 16.4. The van der Waals surface area contributed by atoms with Crippen molar-refractivity contribution in [2.75, 3.05) is 14.2 Å². The molecule has 20 heavy (non-hydrogen) atoms. The van der Waals surface area contributed by atoms with E-state index in [1.54, 1.807) is 19.1 Å². The highest BCUT2D eigenvalue weighted by Gasteiger charge is 2.41. The number of hydrogen-bond acceptors (Lipinski definition) is 4. The van der Waals surface area contributed by atoms with Gasteiger partial charge in [0.1, 0.15) is 17.1 Å². The number of ether oxygens (including phenoxy) is 2. The minimum atomic E-state index is -1.30. The van der Waals surface area contributed by atoms with Crippen LogP contribution in [-0.2, 0) is 15.1 Å². The van der Waals surface area contributed by atoms with E-state index < -0.39 is 17.3 Å². The van der Waals surface area contributed by atoms with Gasteiger partial charge in [-0.15, -0.1) is 0 Å². The van der Waals surface area contributed by atoms with E-state index >= 15 is 0 Å². The first-order valence-electron chi connectivity index (χ1n) is 6.59. The van der Waals surface area contributed by atoms with E-state index in [9.17, 15) is 9.18 Å². The van der Waals surface area contributed by atoms with Gasteiger partial charge in [0.15, 0.2) is 0 Å². The molecule has 2 unspecified atom stereocenters. The Morgan fingerprint density at radius 3 is 2.60 bits per heavy atom. The van der Waals surface area contributed by atoms with Gasteiger partial charge >= 0.3 is 5.97 Å². The number of hydrogen-bond donors (Lipinski definition) is 1. The van der Waals surface area contributed by atoms with Crippen LogP contribution in [0.1, 0.15) is 32.8 Å². The summed E-state index contributed by atoms with van der Waals surface area (Å²) in [5.41, 5.74) is -1.14.